The zero-order chi connectivity index (χ0) is 25.3. The van der Waals surface area contributed by atoms with Crippen LogP contribution in [0, 0.1) is 17.0 Å². The number of hydrogen-bond donors (Lipinski definition) is 1. The van der Waals surface area contributed by atoms with Crippen LogP contribution in [0.5, 0.6) is 0 Å². The summed E-state index contributed by atoms with van der Waals surface area (Å²) >= 11 is 0. The van der Waals surface area contributed by atoms with E-state index in [4.69, 9.17) is 14.0 Å². The summed E-state index contributed by atoms with van der Waals surface area (Å²) in [6, 6.07) is 3.44. The molecule has 1 N–H and O–H groups in total. The van der Waals surface area contributed by atoms with Crippen molar-refractivity contribution < 1.29 is 37.2 Å². The maximum atomic E-state index is 14.0. The van der Waals surface area contributed by atoms with Crippen molar-refractivity contribution in [2.24, 2.45) is 5.41 Å². The Bertz CT molecular complexity index is 1100. The number of ether oxygens (including phenoxy) is 2. The van der Waals surface area contributed by atoms with E-state index in [1.54, 1.807) is 27.7 Å². The van der Waals surface area contributed by atoms with Gasteiger partial charge in [0.25, 0.3) is 5.91 Å². The van der Waals surface area contributed by atoms with Crippen LogP contribution in [0.1, 0.15) is 44.6 Å². The minimum Gasteiger partial charge on any atom is -0.468 e. The highest BCUT2D eigenvalue weighted by molar-refractivity contribution is 5.94. The molecule has 1 aliphatic rings. The summed E-state index contributed by atoms with van der Waals surface area (Å²) in [6.07, 6.45) is -0.330. The second-order valence-electron chi connectivity index (χ2n) is 9.33. The van der Waals surface area contributed by atoms with Crippen LogP contribution in [0.3, 0.4) is 0 Å². The molecule has 9 nitrogen and oxygen atoms in total. The lowest BCUT2D eigenvalue weighted by atomic mass is 9.77. The number of nitrogens with one attached hydrogen (secondary N) is 1. The summed E-state index contributed by atoms with van der Waals surface area (Å²) in [5, 5.41) is 6.41. The number of carbonyl (C=O) groups excluding carboxylic acids is 3. The number of aromatic nitrogens is 1. The molecule has 0 bridgehead atoms. The third-order valence-corrected chi connectivity index (χ3v) is 5.52. The number of halogens is 2. The molecular formula is C23H27F2N3O6. The van der Waals surface area contributed by atoms with E-state index < -0.39 is 46.7 Å². The molecule has 184 valence electrons. The highest BCUT2D eigenvalue weighted by atomic mass is 19.1. The standard InChI is InChI=1S/C23H27F2N3O6/c1-22(2,3)33-21(31)28-9-8-18(23(4,12-28)20(30)32-5)26-19(29)16-11-17(34-27-16)14-7-6-13(24)10-15(14)25/h6-7,10-11,18H,8-9,12H2,1-5H3,(H,26,29)/t18-,23+/m1/s1. The van der Waals surface area contributed by atoms with E-state index in [0.29, 0.717) is 6.07 Å². The molecule has 34 heavy (non-hydrogen) atoms. The van der Waals surface area contributed by atoms with Crippen LogP contribution in [0.2, 0.25) is 0 Å². The maximum Gasteiger partial charge on any atom is 0.410 e. The first-order chi connectivity index (χ1) is 15.8. The molecule has 0 spiro atoms. The molecule has 2 amide bonds. The first-order valence-electron chi connectivity index (χ1n) is 10.6. The van der Waals surface area contributed by atoms with Crippen LogP contribution in [0.25, 0.3) is 11.3 Å². The Morgan fingerprint density at radius 3 is 2.56 bits per heavy atom. The number of nitrogens with zero attached hydrogens (tertiary/aromatic N) is 2. The molecule has 1 saturated heterocycles. The van der Waals surface area contributed by atoms with E-state index in [2.05, 4.69) is 10.5 Å². The zero-order valence-corrected chi connectivity index (χ0v) is 19.6. The number of benzene rings is 1. The summed E-state index contributed by atoms with van der Waals surface area (Å²) in [5.41, 5.74) is -2.19. The van der Waals surface area contributed by atoms with Gasteiger partial charge in [0.2, 0.25) is 0 Å². The molecule has 0 unspecified atom stereocenters. The fourth-order valence-electron chi connectivity index (χ4n) is 3.77. The first kappa shape index (κ1) is 25.1. The van der Waals surface area contributed by atoms with Gasteiger partial charge in [-0.1, -0.05) is 5.16 Å². The van der Waals surface area contributed by atoms with Crippen molar-refractivity contribution in [2.75, 3.05) is 20.2 Å². The Morgan fingerprint density at radius 2 is 1.94 bits per heavy atom. The Labute approximate surface area is 195 Å². The molecule has 11 heteroatoms. The van der Waals surface area contributed by atoms with Crippen LogP contribution in [-0.4, -0.2) is 59.9 Å². The molecule has 2 aromatic rings. The van der Waals surface area contributed by atoms with Crippen molar-refractivity contribution in [1.82, 2.24) is 15.4 Å². The molecule has 0 saturated carbocycles. The fraction of sp³-hybridized carbons (Fsp3) is 0.478. The van der Waals surface area contributed by atoms with Crippen molar-refractivity contribution in [1.29, 1.82) is 0 Å². The van der Waals surface area contributed by atoms with Crippen molar-refractivity contribution in [2.45, 2.75) is 45.8 Å². The van der Waals surface area contributed by atoms with Gasteiger partial charge in [-0.3, -0.25) is 9.59 Å². The molecule has 1 fully saturated rings. The maximum absolute atomic E-state index is 14.0. The molecule has 2 atom stereocenters. The Hall–Kier alpha value is -3.50. The second-order valence-corrected chi connectivity index (χ2v) is 9.33. The highest BCUT2D eigenvalue weighted by Gasteiger charge is 2.49. The molecule has 1 aromatic carbocycles. The van der Waals surface area contributed by atoms with E-state index in [0.717, 1.165) is 6.07 Å². The van der Waals surface area contributed by atoms with Crippen LogP contribution >= 0.6 is 0 Å². The molecule has 0 radical (unpaired) electrons. The number of likely N-dealkylation sites (tertiary alicyclic amines) is 1. The number of methoxy groups -OCH3 is 1. The monoisotopic (exact) mass is 479 g/mol. The van der Waals surface area contributed by atoms with Crippen LogP contribution in [-0.2, 0) is 14.3 Å². The van der Waals surface area contributed by atoms with Crippen LogP contribution in [0.15, 0.2) is 28.8 Å². The summed E-state index contributed by atoms with van der Waals surface area (Å²) in [7, 11) is 1.22. The number of hydrogen-bond acceptors (Lipinski definition) is 7. The Morgan fingerprint density at radius 1 is 1.24 bits per heavy atom. The summed E-state index contributed by atoms with van der Waals surface area (Å²) in [6.45, 7) is 6.99. The van der Waals surface area contributed by atoms with Crippen LogP contribution < -0.4 is 5.32 Å². The van der Waals surface area contributed by atoms with E-state index in [1.165, 1.54) is 24.1 Å². The minimum atomic E-state index is -1.27. The normalized spacial score (nSPS) is 20.6. The minimum absolute atomic E-state index is 0.0373. The molecule has 1 aromatic heterocycles. The van der Waals surface area contributed by atoms with Crippen molar-refractivity contribution in [3.8, 4) is 11.3 Å². The predicted molar refractivity (Wildman–Crippen MR) is 116 cm³/mol. The molecule has 1 aliphatic heterocycles. The van der Waals surface area contributed by atoms with Gasteiger partial charge < -0.3 is 24.2 Å². The van der Waals surface area contributed by atoms with Crippen molar-refractivity contribution in [3.63, 3.8) is 0 Å². The van der Waals surface area contributed by atoms with E-state index in [1.807, 2.05) is 0 Å². The SMILES string of the molecule is COC(=O)[C@@]1(C)CN(C(=O)OC(C)(C)C)CC[C@H]1NC(=O)c1cc(-c2ccc(F)cc2F)on1. The third kappa shape index (κ3) is 5.35. The first-order valence-corrected chi connectivity index (χ1v) is 10.6. The van der Waals surface area contributed by atoms with Crippen molar-refractivity contribution >= 4 is 18.0 Å². The summed E-state index contributed by atoms with van der Waals surface area (Å²) < 4.78 is 42.6. The van der Waals surface area contributed by atoms with Crippen molar-refractivity contribution in [3.05, 3.63) is 41.6 Å². The predicted octanol–water partition coefficient (Wildman–Crippen LogP) is 3.54. The van der Waals surface area contributed by atoms with E-state index >= 15 is 0 Å². The van der Waals surface area contributed by atoms with Crippen LogP contribution in [0.4, 0.5) is 13.6 Å². The highest BCUT2D eigenvalue weighted by Crippen LogP contribution is 2.33. The molecular weight excluding hydrogens is 452 g/mol. The molecule has 2 heterocycles. The van der Waals surface area contributed by atoms with Gasteiger partial charge in [-0.05, 0) is 46.2 Å². The lowest BCUT2D eigenvalue weighted by molar-refractivity contribution is -0.156. The Balaban J connectivity index is 1.77. The van der Waals surface area contributed by atoms with Gasteiger partial charge >= 0.3 is 12.1 Å². The molecule has 0 aliphatic carbocycles. The van der Waals surface area contributed by atoms with Gasteiger partial charge in [0.05, 0.1) is 12.7 Å². The molecule has 3 rings (SSSR count). The number of piperidine rings is 1. The number of esters is 1. The zero-order valence-electron chi connectivity index (χ0n) is 19.6. The number of carbonyl (C=O) groups is 3. The quantitative estimate of drug-likeness (QED) is 0.668. The second kappa shape index (κ2) is 9.40. The smallest absolute Gasteiger partial charge is 0.410 e. The average Bonchev–Trinajstić information content (AvgIpc) is 3.23. The average molecular weight is 479 g/mol. The lowest BCUT2D eigenvalue weighted by Gasteiger charge is -2.44. The summed E-state index contributed by atoms with van der Waals surface area (Å²) in [5.74, 6) is -2.95. The van der Waals surface area contributed by atoms with Gasteiger partial charge in [-0.15, -0.1) is 0 Å². The van der Waals surface area contributed by atoms with Gasteiger partial charge in [0, 0.05) is 31.3 Å². The number of rotatable bonds is 4. The topological polar surface area (TPSA) is 111 Å². The van der Waals surface area contributed by atoms with Gasteiger partial charge in [-0.25, -0.2) is 13.6 Å². The van der Waals surface area contributed by atoms with E-state index in [-0.39, 0.29) is 36.5 Å². The number of amides is 2. The lowest BCUT2D eigenvalue weighted by Crippen LogP contribution is -2.61. The van der Waals surface area contributed by atoms with E-state index in [9.17, 15) is 23.2 Å². The largest absolute Gasteiger partial charge is 0.468 e. The van der Waals surface area contributed by atoms with Gasteiger partial charge in [0.1, 0.15) is 22.7 Å². The Kier molecular flexibility index (Phi) is 6.94. The third-order valence-electron chi connectivity index (χ3n) is 5.52. The fourth-order valence-corrected chi connectivity index (χ4v) is 3.77. The van der Waals surface area contributed by atoms with Gasteiger partial charge in [-0.2, -0.15) is 0 Å². The van der Waals surface area contributed by atoms with Gasteiger partial charge in [0.15, 0.2) is 11.5 Å². The summed E-state index contributed by atoms with van der Waals surface area (Å²) in [4.78, 5) is 39.5.